The van der Waals surface area contributed by atoms with Crippen molar-refractivity contribution < 1.29 is 30.7 Å². The van der Waals surface area contributed by atoms with Gasteiger partial charge in [0, 0.05) is 0 Å². The van der Waals surface area contributed by atoms with Crippen molar-refractivity contribution in [3.63, 3.8) is 0 Å². The summed E-state index contributed by atoms with van der Waals surface area (Å²) >= 11 is 0. The Morgan fingerprint density at radius 2 is 0.710 bits per heavy atom. The van der Waals surface area contributed by atoms with E-state index in [0.717, 1.165) is 45.5 Å². The Balaban J connectivity index is 1.08. The lowest BCUT2D eigenvalue weighted by molar-refractivity contribution is 0.109. The number of hydrogen-bond acceptors (Lipinski definition) is 6. The minimum atomic E-state index is -3.83. The predicted molar refractivity (Wildman–Crippen MR) is 240 cm³/mol. The van der Waals surface area contributed by atoms with E-state index in [1.807, 2.05) is 81.4 Å². The van der Waals surface area contributed by atoms with E-state index in [1.54, 1.807) is 72.8 Å². The molecule has 0 atom stereocenters. The molecular weight excluding hydrogens is 816 g/mol. The van der Waals surface area contributed by atoms with Crippen LogP contribution in [-0.2, 0) is 30.7 Å². The summed E-state index contributed by atoms with van der Waals surface area (Å²) in [7, 11) is -7.51. The van der Waals surface area contributed by atoms with E-state index in [1.165, 1.54) is 12.1 Å². The fraction of sp³-hybridized carbons (Fsp3) is 0.0943. The molecule has 62 heavy (non-hydrogen) atoms. The molecule has 0 fully saturated rings. The van der Waals surface area contributed by atoms with E-state index in [4.69, 9.17) is 9.47 Å². The third-order valence-electron chi connectivity index (χ3n) is 11.0. The smallest absolute Gasteiger partial charge is 0.206 e. The molecule has 8 aromatic carbocycles. The Bertz CT molecular complexity index is 2970. The van der Waals surface area contributed by atoms with Gasteiger partial charge in [0.2, 0.25) is 19.7 Å². The van der Waals surface area contributed by atoms with Crippen LogP contribution in [0.25, 0.3) is 0 Å². The maximum atomic E-state index is 13.5. The van der Waals surface area contributed by atoms with Crippen molar-refractivity contribution in [1.82, 2.24) is 0 Å². The maximum absolute atomic E-state index is 13.5. The predicted octanol–water partition coefficient (Wildman–Crippen LogP) is 12.3. The molecule has 0 bridgehead atoms. The summed E-state index contributed by atoms with van der Waals surface area (Å²) in [6.07, 6.45) is 0. The molecule has 0 aliphatic rings. The van der Waals surface area contributed by atoms with Crippen LogP contribution in [0.4, 0.5) is 4.39 Å². The first-order valence-corrected chi connectivity index (χ1v) is 23.0. The Morgan fingerprint density at radius 1 is 0.387 bits per heavy atom. The number of sulfone groups is 2. The van der Waals surface area contributed by atoms with Gasteiger partial charge in [0.05, 0.1) is 25.0 Å². The van der Waals surface area contributed by atoms with Gasteiger partial charge in [-0.05, 0) is 146 Å². The molecule has 8 rings (SSSR count). The molecule has 0 unspecified atom stereocenters. The SMILES string of the molecule is Cc1ccc(S(=O)(=O)c2ccc(Oc3ccc(C(c4ccccc4)(c4ccccc4)c4ccc(OC(C)(C)c5ccc(S(=O)(=O)c6ccc(F)cc6)cc5)cc4)cc3)cc2)cc1. The summed E-state index contributed by atoms with van der Waals surface area (Å²) in [6.45, 7) is 5.76. The average molecular weight is 859 g/mol. The van der Waals surface area contributed by atoms with Crippen LogP contribution >= 0.6 is 0 Å². The van der Waals surface area contributed by atoms with E-state index in [9.17, 15) is 21.2 Å². The van der Waals surface area contributed by atoms with E-state index < -0.39 is 36.5 Å². The number of benzene rings is 8. The van der Waals surface area contributed by atoms with E-state index in [0.29, 0.717) is 17.2 Å². The number of aryl methyl sites for hydroxylation is 1. The van der Waals surface area contributed by atoms with Crippen LogP contribution in [0.1, 0.15) is 47.2 Å². The lowest BCUT2D eigenvalue weighted by atomic mass is 9.65. The van der Waals surface area contributed by atoms with Crippen molar-refractivity contribution in [2.75, 3.05) is 0 Å². The van der Waals surface area contributed by atoms with Gasteiger partial charge in [-0.3, -0.25) is 0 Å². The van der Waals surface area contributed by atoms with Crippen LogP contribution in [0.15, 0.2) is 226 Å². The lowest BCUT2D eigenvalue weighted by Gasteiger charge is -2.37. The van der Waals surface area contributed by atoms with E-state index in [-0.39, 0.29) is 19.6 Å². The Morgan fingerprint density at radius 3 is 1.15 bits per heavy atom. The second kappa shape index (κ2) is 16.9. The molecule has 0 radical (unpaired) electrons. The molecule has 9 heteroatoms. The minimum Gasteiger partial charge on any atom is -0.483 e. The van der Waals surface area contributed by atoms with Gasteiger partial charge in [-0.25, -0.2) is 21.2 Å². The fourth-order valence-electron chi connectivity index (χ4n) is 7.74. The van der Waals surface area contributed by atoms with Crippen molar-refractivity contribution >= 4 is 19.7 Å². The largest absolute Gasteiger partial charge is 0.483 e. The summed E-state index contributed by atoms with van der Waals surface area (Å²) in [5, 5.41) is 0. The highest BCUT2D eigenvalue weighted by Gasteiger charge is 2.38. The molecule has 0 saturated heterocycles. The van der Waals surface area contributed by atoms with Crippen LogP contribution in [0.2, 0.25) is 0 Å². The average Bonchev–Trinajstić information content (AvgIpc) is 3.29. The highest BCUT2D eigenvalue weighted by Crippen LogP contribution is 2.46. The highest BCUT2D eigenvalue weighted by molar-refractivity contribution is 7.91. The standard InChI is InChI=1S/C53H43FO6S2/c1-38-14-30-48(31-15-38)61(55,56)51-36-28-46(29-37-51)59-45-24-16-42(17-25-45)53(40-10-6-4-7-11-40,41-12-8-5-9-13-41)43-18-26-47(27-19-43)60-52(2,3)39-20-32-49(33-21-39)62(57,58)50-34-22-44(54)23-35-50/h4-37H,1-3H3. The van der Waals surface area contributed by atoms with Crippen molar-refractivity contribution in [2.45, 2.75) is 51.4 Å². The van der Waals surface area contributed by atoms with Gasteiger partial charge in [-0.2, -0.15) is 0 Å². The summed E-state index contributed by atoms with van der Waals surface area (Å²) in [4.78, 5) is 0.546. The van der Waals surface area contributed by atoms with Gasteiger partial charge in [0.25, 0.3) is 0 Å². The Kier molecular flexibility index (Phi) is 11.4. The molecule has 0 spiro atoms. The Labute approximate surface area is 362 Å². The molecule has 0 heterocycles. The van der Waals surface area contributed by atoms with E-state index >= 15 is 0 Å². The second-order valence-electron chi connectivity index (χ2n) is 15.5. The molecule has 0 aliphatic carbocycles. The molecule has 6 nitrogen and oxygen atoms in total. The van der Waals surface area contributed by atoms with Crippen molar-refractivity contribution in [3.05, 3.63) is 245 Å². The monoisotopic (exact) mass is 858 g/mol. The maximum Gasteiger partial charge on any atom is 0.206 e. The zero-order valence-electron chi connectivity index (χ0n) is 34.3. The zero-order valence-corrected chi connectivity index (χ0v) is 35.9. The molecule has 0 N–H and O–H groups in total. The first kappa shape index (κ1) is 41.9. The number of ether oxygens (including phenoxy) is 2. The number of halogens is 1. The molecule has 310 valence electrons. The fourth-order valence-corrected chi connectivity index (χ4v) is 10.3. The molecule has 0 amide bonds. The molecule has 0 saturated carbocycles. The first-order chi connectivity index (χ1) is 29.8. The van der Waals surface area contributed by atoms with Gasteiger partial charge >= 0.3 is 0 Å². The van der Waals surface area contributed by atoms with Gasteiger partial charge in [0.15, 0.2) is 0 Å². The quantitative estimate of drug-likeness (QED) is 0.0848. The highest BCUT2D eigenvalue weighted by atomic mass is 32.2. The van der Waals surface area contributed by atoms with Gasteiger partial charge in [0.1, 0.15) is 28.7 Å². The first-order valence-electron chi connectivity index (χ1n) is 20.0. The van der Waals surface area contributed by atoms with E-state index in [2.05, 4.69) is 48.5 Å². The molecule has 8 aromatic rings. The van der Waals surface area contributed by atoms with Crippen molar-refractivity contribution in [1.29, 1.82) is 0 Å². The van der Waals surface area contributed by atoms with Crippen LogP contribution in [-0.4, -0.2) is 16.8 Å². The van der Waals surface area contributed by atoms with Crippen LogP contribution in [0.5, 0.6) is 17.2 Å². The van der Waals surface area contributed by atoms with Gasteiger partial charge in [-0.1, -0.05) is 115 Å². The van der Waals surface area contributed by atoms with Crippen LogP contribution in [0.3, 0.4) is 0 Å². The van der Waals surface area contributed by atoms with Gasteiger partial charge < -0.3 is 9.47 Å². The lowest BCUT2D eigenvalue weighted by Crippen LogP contribution is -2.31. The number of hydrogen-bond donors (Lipinski definition) is 0. The molecular formula is C53H43FO6S2. The third-order valence-corrected chi connectivity index (χ3v) is 14.6. The summed E-state index contributed by atoms with van der Waals surface area (Å²) in [5.74, 6) is 1.21. The van der Waals surface area contributed by atoms with Crippen molar-refractivity contribution in [2.24, 2.45) is 0 Å². The minimum absolute atomic E-state index is 0.0189. The Hall–Kier alpha value is -6.81. The second-order valence-corrected chi connectivity index (χ2v) is 19.4. The summed E-state index contributed by atoms with van der Waals surface area (Å²) < 4.78 is 79.2. The number of rotatable bonds is 13. The third kappa shape index (κ3) is 8.29. The van der Waals surface area contributed by atoms with Crippen LogP contribution < -0.4 is 9.47 Å². The van der Waals surface area contributed by atoms with Crippen molar-refractivity contribution in [3.8, 4) is 17.2 Å². The topological polar surface area (TPSA) is 86.7 Å². The molecule has 0 aromatic heterocycles. The molecule has 0 aliphatic heterocycles. The summed E-state index contributed by atoms with van der Waals surface area (Å²) in [6, 6.07) is 61.2. The van der Waals surface area contributed by atoms with Crippen LogP contribution in [0, 0.1) is 12.7 Å². The zero-order chi connectivity index (χ0) is 43.5. The van der Waals surface area contributed by atoms with Gasteiger partial charge in [-0.15, -0.1) is 0 Å². The normalized spacial score (nSPS) is 12.1. The summed E-state index contributed by atoms with van der Waals surface area (Å²) in [5.41, 5.74) is 4.25.